The molecule has 1 aromatic heterocycles. The van der Waals surface area contributed by atoms with Gasteiger partial charge in [-0.1, -0.05) is 35.9 Å². The quantitative estimate of drug-likeness (QED) is 0.673. The molecule has 4 nitrogen and oxygen atoms in total. The van der Waals surface area contributed by atoms with Gasteiger partial charge in [0.15, 0.2) is 5.69 Å². The van der Waals surface area contributed by atoms with Crippen LogP contribution in [0.25, 0.3) is 10.9 Å². The van der Waals surface area contributed by atoms with E-state index in [0.29, 0.717) is 23.9 Å². The average Bonchev–Trinajstić information content (AvgIpc) is 2.89. The number of benzene rings is 2. The summed E-state index contributed by atoms with van der Waals surface area (Å²) in [6.45, 7) is 4.70. The van der Waals surface area contributed by atoms with Crippen LogP contribution in [0.4, 0.5) is 0 Å². The first-order valence-corrected chi connectivity index (χ1v) is 7.85. The van der Waals surface area contributed by atoms with Crippen LogP contribution < -0.4 is 0 Å². The van der Waals surface area contributed by atoms with Gasteiger partial charge >= 0.3 is 5.97 Å². The van der Waals surface area contributed by atoms with Gasteiger partial charge in [-0.25, -0.2) is 4.79 Å². The lowest BCUT2D eigenvalue weighted by Crippen LogP contribution is -2.08. The largest absolute Gasteiger partial charge is 0.461 e. The number of fused-ring (bicyclic) bond motifs is 1. The van der Waals surface area contributed by atoms with Crippen LogP contribution in [0.15, 0.2) is 42.5 Å². The standard InChI is InChI=1S/C18H17ClN2O2/c1-3-23-18(22)17-15-6-4-5-7-16(15)21(20-17)11-13-8-9-14(19)10-12(13)2/h4-10H,3,11H2,1-2H3. The third-order valence-corrected chi connectivity index (χ3v) is 3.99. The molecule has 23 heavy (non-hydrogen) atoms. The summed E-state index contributed by atoms with van der Waals surface area (Å²) < 4.78 is 6.94. The van der Waals surface area contributed by atoms with Gasteiger partial charge in [-0.2, -0.15) is 5.10 Å². The van der Waals surface area contributed by atoms with Crippen LogP contribution in [0.5, 0.6) is 0 Å². The maximum absolute atomic E-state index is 12.1. The number of hydrogen-bond donors (Lipinski definition) is 0. The SMILES string of the molecule is CCOC(=O)c1nn(Cc2ccc(Cl)cc2C)c2ccccc12. The van der Waals surface area contributed by atoms with Gasteiger partial charge < -0.3 is 4.74 Å². The van der Waals surface area contributed by atoms with Crippen molar-refractivity contribution in [3.63, 3.8) is 0 Å². The number of aromatic nitrogens is 2. The van der Waals surface area contributed by atoms with E-state index in [-0.39, 0.29) is 0 Å². The number of ether oxygens (including phenoxy) is 1. The fourth-order valence-corrected chi connectivity index (χ4v) is 2.82. The van der Waals surface area contributed by atoms with Crippen LogP contribution in [0.2, 0.25) is 5.02 Å². The van der Waals surface area contributed by atoms with Gasteiger partial charge in [-0.15, -0.1) is 0 Å². The lowest BCUT2D eigenvalue weighted by Gasteiger charge is -2.07. The van der Waals surface area contributed by atoms with Crippen LogP contribution in [-0.4, -0.2) is 22.4 Å². The van der Waals surface area contributed by atoms with Crippen molar-refractivity contribution in [1.29, 1.82) is 0 Å². The minimum absolute atomic E-state index is 0.330. The molecule has 0 atom stereocenters. The molecule has 0 unspecified atom stereocenters. The number of hydrogen-bond acceptors (Lipinski definition) is 3. The molecule has 0 aliphatic heterocycles. The number of nitrogens with zero attached hydrogens (tertiary/aromatic N) is 2. The molecule has 3 aromatic rings. The maximum Gasteiger partial charge on any atom is 0.359 e. The van der Waals surface area contributed by atoms with E-state index >= 15 is 0 Å². The van der Waals surface area contributed by atoms with Gasteiger partial charge in [-0.05, 0) is 43.2 Å². The Kier molecular flexibility index (Phi) is 4.35. The fourth-order valence-electron chi connectivity index (χ4n) is 2.60. The van der Waals surface area contributed by atoms with Crippen molar-refractivity contribution in [2.75, 3.05) is 6.61 Å². The Morgan fingerprint density at radius 2 is 2.04 bits per heavy atom. The number of halogens is 1. The van der Waals surface area contributed by atoms with E-state index in [0.717, 1.165) is 22.0 Å². The minimum atomic E-state index is -0.393. The third kappa shape index (κ3) is 3.08. The van der Waals surface area contributed by atoms with E-state index < -0.39 is 5.97 Å². The molecule has 0 saturated heterocycles. The van der Waals surface area contributed by atoms with E-state index in [1.165, 1.54) is 0 Å². The average molecular weight is 329 g/mol. The lowest BCUT2D eigenvalue weighted by molar-refractivity contribution is 0.0520. The Hall–Kier alpha value is -2.33. The predicted molar refractivity (Wildman–Crippen MR) is 91.0 cm³/mol. The highest BCUT2D eigenvalue weighted by molar-refractivity contribution is 6.30. The van der Waals surface area contributed by atoms with E-state index in [1.807, 2.05) is 54.1 Å². The molecular weight excluding hydrogens is 312 g/mol. The molecule has 0 N–H and O–H groups in total. The number of aryl methyl sites for hydroxylation is 1. The highest BCUT2D eigenvalue weighted by atomic mass is 35.5. The van der Waals surface area contributed by atoms with E-state index in [4.69, 9.17) is 16.3 Å². The Bertz CT molecular complexity index is 871. The van der Waals surface area contributed by atoms with Crippen molar-refractivity contribution in [2.24, 2.45) is 0 Å². The highest BCUT2D eigenvalue weighted by Gasteiger charge is 2.18. The Morgan fingerprint density at radius 1 is 1.26 bits per heavy atom. The minimum Gasteiger partial charge on any atom is -0.461 e. The smallest absolute Gasteiger partial charge is 0.359 e. The van der Waals surface area contributed by atoms with Gasteiger partial charge in [0.25, 0.3) is 0 Å². The monoisotopic (exact) mass is 328 g/mol. The summed E-state index contributed by atoms with van der Waals surface area (Å²) in [7, 11) is 0. The van der Waals surface area contributed by atoms with Crippen molar-refractivity contribution in [3.05, 3.63) is 64.3 Å². The Balaban J connectivity index is 2.05. The molecule has 0 radical (unpaired) electrons. The van der Waals surface area contributed by atoms with Crippen LogP contribution in [-0.2, 0) is 11.3 Å². The summed E-state index contributed by atoms with van der Waals surface area (Å²) in [6.07, 6.45) is 0. The molecule has 0 aliphatic rings. The van der Waals surface area contributed by atoms with Crippen molar-refractivity contribution in [1.82, 2.24) is 9.78 Å². The molecule has 0 amide bonds. The third-order valence-electron chi connectivity index (χ3n) is 3.75. The first-order valence-electron chi connectivity index (χ1n) is 7.48. The van der Waals surface area contributed by atoms with E-state index in [2.05, 4.69) is 5.10 Å². The predicted octanol–water partition coefficient (Wildman–Crippen LogP) is 4.22. The first-order chi connectivity index (χ1) is 11.1. The van der Waals surface area contributed by atoms with Crippen molar-refractivity contribution in [2.45, 2.75) is 20.4 Å². The van der Waals surface area contributed by atoms with Gasteiger partial charge in [0, 0.05) is 10.4 Å². The molecule has 2 aromatic carbocycles. The molecule has 118 valence electrons. The van der Waals surface area contributed by atoms with Crippen LogP contribution in [0.3, 0.4) is 0 Å². The molecule has 0 aliphatic carbocycles. The molecular formula is C18H17ClN2O2. The molecule has 0 bridgehead atoms. The van der Waals surface area contributed by atoms with E-state index in [9.17, 15) is 4.79 Å². The van der Waals surface area contributed by atoms with Crippen LogP contribution in [0.1, 0.15) is 28.5 Å². The molecule has 0 spiro atoms. The van der Waals surface area contributed by atoms with Gasteiger partial charge in [0.05, 0.1) is 18.7 Å². The maximum atomic E-state index is 12.1. The fraction of sp³-hybridized carbons (Fsp3) is 0.222. The topological polar surface area (TPSA) is 44.1 Å². The summed E-state index contributed by atoms with van der Waals surface area (Å²) in [6, 6.07) is 13.4. The summed E-state index contributed by atoms with van der Waals surface area (Å²) in [5.41, 5.74) is 3.46. The summed E-state index contributed by atoms with van der Waals surface area (Å²) in [5.74, 6) is -0.393. The summed E-state index contributed by atoms with van der Waals surface area (Å²) in [5, 5.41) is 5.99. The Labute approximate surface area is 139 Å². The van der Waals surface area contributed by atoms with Crippen molar-refractivity contribution >= 4 is 28.5 Å². The number of carbonyl (C=O) groups is 1. The molecule has 3 rings (SSSR count). The highest BCUT2D eigenvalue weighted by Crippen LogP contribution is 2.22. The zero-order valence-corrected chi connectivity index (χ0v) is 13.8. The second-order valence-corrected chi connectivity index (χ2v) is 5.75. The van der Waals surface area contributed by atoms with Gasteiger partial charge in [-0.3, -0.25) is 4.68 Å². The summed E-state index contributed by atoms with van der Waals surface area (Å²) >= 11 is 6.01. The normalized spacial score (nSPS) is 10.9. The van der Waals surface area contributed by atoms with Crippen molar-refractivity contribution < 1.29 is 9.53 Å². The van der Waals surface area contributed by atoms with Crippen LogP contribution in [0, 0.1) is 6.92 Å². The second kappa shape index (κ2) is 6.42. The van der Waals surface area contributed by atoms with Crippen LogP contribution >= 0.6 is 11.6 Å². The first kappa shape index (κ1) is 15.6. The lowest BCUT2D eigenvalue weighted by atomic mass is 10.1. The molecule has 1 heterocycles. The Morgan fingerprint density at radius 3 is 2.78 bits per heavy atom. The zero-order chi connectivity index (χ0) is 16.4. The number of para-hydroxylation sites is 1. The number of carbonyl (C=O) groups excluding carboxylic acids is 1. The summed E-state index contributed by atoms with van der Waals surface area (Å²) in [4.78, 5) is 12.1. The zero-order valence-electron chi connectivity index (χ0n) is 13.0. The number of esters is 1. The van der Waals surface area contributed by atoms with Crippen molar-refractivity contribution in [3.8, 4) is 0 Å². The molecule has 0 fully saturated rings. The number of rotatable bonds is 4. The van der Waals surface area contributed by atoms with Gasteiger partial charge in [0.2, 0.25) is 0 Å². The van der Waals surface area contributed by atoms with E-state index in [1.54, 1.807) is 6.92 Å². The molecule has 0 saturated carbocycles. The molecule has 5 heteroatoms. The van der Waals surface area contributed by atoms with Gasteiger partial charge in [0.1, 0.15) is 0 Å². The second-order valence-electron chi connectivity index (χ2n) is 5.31.